The summed E-state index contributed by atoms with van der Waals surface area (Å²) in [5, 5.41) is 3.01. The van der Waals surface area contributed by atoms with Gasteiger partial charge in [-0.1, -0.05) is 42.5 Å². The quantitative estimate of drug-likeness (QED) is 0.748. The van der Waals surface area contributed by atoms with Crippen molar-refractivity contribution in [3.8, 4) is 0 Å². The molecule has 3 nitrogen and oxygen atoms in total. The van der Waals surface area contributed by atoms with E-state index >= 15 is 0 Å². The van der Waals surface area contributed by atoms with Crippen molar-refractivity contribution in [1.29, 1.82) is 0 Å². The summed E-state index contributed by atoms with van der Waals surface area (Å²) < 4.78 is 0.906. The molecule has 0 aliphatic heterocycles. The third-order valence-corrected chi connectivity index (χ3v) is 5.29. The molecule has 1 N–H and O–H groups in total. The predicted molar refractivity (Wildman–Crippen MR) is 102 cm³/mol. The Labute approximate surface area is 152 Å². The normalized spacial score (nSPS) is 15.3. The number of benzene rings is 2. The lowest BCUT2D eigenvalue weighted by Gasteiger charge is -2.28. The van der Waals surface area contributed by atoms with E-state index in [4.69, 9.17) is 0 Å². The van der Waals surface area contributed by atoms with Crippen LogP contribution >= 0.6 is 15.9 Å². The first-order valence-corrected chi connectivity index (χ1v) is 9.25. The molecule has 4 heteroatoms. The molecular formula is C20H23BrN2O. The van der Waals surface area contributed by atoms with Crippen LogP contribution in [0.5, 0.6) is 0 Å². The van der Waals surface area contributed by atoms with E-state index in [9.17, 15) is 4.79 Å². The smallest absolute Gasteiger partial charge is 0.238 e. The van der Waals surface area contributed by atoms with E-state index in [1.807, 2.05) is 30.3 Å². The zero-order valence-electron chi connectivity index (χ0n) is 13.9. The summed E-state index contributed by atoms with van der Waals surface area (Å²) in [5.74, 6) is 0.760. The van der Waals surface area contributed by atoms with Crippen LogP contribution in [0.3, 0.4) is 0 Å². The van der Waals surface area contributed by atoms with Crippen molar-refractivity contribution in [3.63, 3.8) is 0 Å². The molecule has 0 radical (unpaired) electrons. The van der Waals surface area contributed by atoms with Gasteiger partial charge in [0.05, 0.1) is 12.2 Å². The van der Waals surface area contributed by atoms with Crippen molar-refractivity contribution >= 4 is 27.5 Å². The minimum atomic E-state index is 0.0327. The van der Waals surface area contributed by atoms with Gasteiger partial charge in [0.15, 0.2) is 0 Å². The van der Waals surface area contributed by atoms with Crippen LogP contribution in [0.2, 0.25) is 0 Å². The molecule has 1 unspecified atom stereocenters. The largest absolute Gasteiger partial charge is 0.324 e. The molecule has 2 aromatic rings. The monoisotopic (exact) mass is 386 g/mol. The molecule has 0 bridgehead atoms. The highest BCUT2D eigenvalue weighted by atomic mass is 79.9. The van der Waals surface area contributed by atoms with Crippen LogP contribution in [-0.4, -0.2) is 23.4 Å². The van der Waals surface area contributed by atoms with Crippen LogP contribution in [0.25, 0.3) is 0 Å². The molecule has 1 fully saturated rings. The van der Waals surface area contributed by atoms with E-state index in [1.165, 1.54) is 18.4 Å². The Morgan fingerprint density at radius 2 is 1.83 bits per heavy atom. The van der Waals surface area contributed by atoms with Crippen molar-refractivity contribution in [2.24, 2.45) is 5.92 Å². The van der Waals surface area contributed by atoms with Gasteiger partial charge in [-0.15, -0.1) is 0 Å². The molecule has 1 aliphatic rings. The Morgan fingerprint density at radius 1 is 1.17 bits per heavy atom. The predicted octanol–water partition coefficient (Wildman–Crippen LogP) is 4.69. The van der Waals surface area contributed by atoms with Crippen molar-refractivity contribution in [2.75, 3.05) is 11.9 Å². The van der Waals surface area contributed by atoms with Crippen LogP contribution in [0.15, 0.2) is 59.1 Å². The molecule has 1 amide bonds. The molecule has 2 aromatic carbocycles. The summed E-state index contributed by atoms with van der Waals surface area (Å²) in [7, 11) is 0. The second-order valence-corrected chi connectivity index (χ2v) is 7.35. The molecule has 0 heterocycles. The van der Waals surface area contributed by atoms with Crippen molar-refractivity contribution in [2.45, 2.75) is 32.4 Å². The summed E-state index contributed by atoms with van der Waals surface area (Å²) in [4.78, 5) is 14.8. The van der Waals surface area contributed by atoms with E-state index in [0.717, 1.165) is 22.6 Å². The van der Waals surface area contributed by atoms with Gasteiger partial charge in [-0.3, -0.25) is 9.69 Å². The highest BCUT2D eigenvalue weighted by molar-refractivity contribution is 9.10. The van der Waals surface area contributed by atoms with Gasteiger partial charge in [0.1, 0.15) is 0 Å². The van der Waals surface area contributed by atoms with Gasteiger partial charge in [0, 0.05) is 17.1 Å². The van der Waals surface area contributed by atoms with Crippen LogP contribution in [0.4, 0.5) is 5.69 Å². The number of para-hydroxylation sites is 1. The van der Waals surface area contributed by atoms with Gasteiger partial charge in [-0.2, -0.15) is 0 Å². The molecule has 0 saturated heterocycles. The molecule has 1 atom stereocenters. The molecular weight excluding hydrogens is 364 g/mol. The highest BCUT2D eigenvalue weighted by Gasteiger charge is 2.32. The summed E-state index contributed by atoms with van der Waals surface area (Å²) in [6, 6.07) is 18.5. The topological polar surface area (TPSA) is 32.3 Å². The van der Waals surface area contributed by atoms with Crippen molar-refractivity contribution < 1.29 is 4.79 Å². The number of halogens is 1. The SMILES string of the molecule is CC(C1CC1)N(CC(=O)Nc1ccccc1Br)Cc1ccccc1. The number of amides is 1. The third-order valence-electron chi connectivity index (χ3n) is 4.60. The first kappa shape index (κ1) is 17.2. The number of rotatable bonds is 7. The number of nitrogens with one attached hydrogen (secondary N) is 1. The first-order chi connectivity index (χ1) is 11.6. The fraction of sp³-hybridized carbons (Fsp3) is 0.350. The average molecular weight is 387 g/mol. The first-order valence-electron chi connectivity index (χ1n) is 8.46. The van der Waals surface area contributed by atoms with Crippen molar-refractivity contribution in [3.05, 3.63) is 64.6 Å². The van der Waals surface area contributed by atoms with E-state index in [2.05, 4.69) is 57.3 Å². The zero-order chi connectivity index (χ0) is 16.9. The van der Waals surface area contributed by atoms with Crippen LogP contribution < -0.4 is 5.32 Å². The minimum Gasteiger partial charge on any atom is -0.324 e. The van der Waals surface area contributed by atoms with Gasteiger partial charge in [0.2, 0.25) is 5.91 Å². The Kier molecular flexibility index (Phi) is 5.69. The van der Waals surface area contributed by atoms with E-state index < -0.39 is 0 Å². The van der Waals surface area contributed by atoms with Gasteiger partial charge >= 0.3 is 0 Å². The summed E-state index contributed by atoms with van der Waals surface area (Å²) in [6.45, 7) is 3.46. The van der Waals surface area contributed by atoms with Gasteiger partial charge in [-0.25, -0.2) is 0 Å². The lowest BCUT2D eigenvalue weighted by atomic mass is 10.1. The number of anilines is 1. The summed E-state index contributed by atoms with van der Waals surface area (Å²) >= 11 is 3.48. The van der Waals surface area contributed by atoms with E-state index in [0.29, 0.717) is 12.6 Å². The molecule has 126 valence electrons. The molecule has 0 aromatic heterocycles. The molecule has 1 aliphatic carbocycles. The van der Waals surface area contributed by atoms with Gasteiger partial charge < -0.3 is 5.32 Å². The second kappa shape index (κ2) is 7.95. The third kappa shape index (κ3) is 4.68. The Morgan fingerprint density at radius 3 is 2.50 bits per heavy atom. The molecule has 1 saturated carbocycles. The van der Waals surface area contributed by atoms with E-state index in [1.54, 1.807) is 0 Å². The Hall–Kier alpha value is -1.65. The molecule has 0 spiro atoms. The van der Waals surface area contributed by atoms with Crippen LogP contribution in [0, 0.1) is 5.92 Å². The maximum Gasteiger partial charge on any atom is 0.238 e. The van der Waals surface area contributed by atoms with Crippen molar-refractivity contribution in [1.82, 2.24) is 4.90 Å². The standard InChI is InChI=1S/C20H23BrN2O/c1-15(17-11-12-17)23(13-16-7-3-2-4-8-16)14-20(24)22-19-10-6-5-9-18(19)21/h2-10,15,17H,11-14H2,1H3,(H,22,24). The Balaban J connectivity index is 1.66. The molecule has 24 heavy (non-hydrogen) atoms. The summed E-state index contributed by atoms with van der Waals surface area (Å²) in [6.07, 6.45) is 2.55. The van der Waals surface area contributed by atoms with E-state index in [-0.39, 0.29) is 5.91 Å². The van der Waals surface area contributed by atoms with Crippen LogP contribution in [0.1, 0.15) is 25.3 Å². The zero-order valence-corrected chi connectivity index (χ0v) is 15.5. The maximum atomic E-state index is 12.5. The minimum absolute atomic E-state index is 0.0327. The number of hydrogen-bond donors (Lipinski definition) is 1. The van der Waals surface area contributed by atoms with Crippen LogP contribution in [-0.2, 0) is 11.3 Å². The van der Waals surface area contributed by atoms with Gasteiger partial charge in [-0.05, 0) is 59.3 Å². The highest BCUT2D eigenvalue weighted by Crippen LogP contribution is 2.35. The number of carbonyl (C=O) groups is 1. The number of nitrogens with zero attached hydrogens (tertiary/aromatic N) is 1. The number of hydrogen-bond acceptors (Lipinski definition) is 2. The Bertz CT molecular complexity index is 685. The molecule has 3 rings (SSSR count). The number of carbonyl (C=O) groups excluding carboxylic acids is 1. The fourth-order valence-electron chi connectivity index (χ4n) is 2.98. The lowest BCUT2D eigenvalue weighted by Crippen LogP contribution is -2.40. The maximum absolute atomic E-state index is 12.5. The lowest BCUT2D eigenvalue weighted by molar-refractivity contribution is -0.118. The van der Waals surface area contributed by atoms with Gasteiger partial charge in [0.25, 0.3) is 0 Å². The second-order valence-electron chi connectivity index (χ2n) is 6.50. The summed E-state index contributed by atoms with van der Waals surface area (Å²) in [5.41, 5.74) is 2.07. The average Bonchev–Trinajstić information content (AvgIpc) is 3.42. The fourth-order valence-corrected chi connectivity index (χ4v) is 3.36.